The van der Waals surface area contributed by atoms with Crippen molar-refractivity contribution in [1.82, 2.24) is 10.1 Å². The second kappa shape index (κ2) is 5.83. The van der Waals surface area contributed by atoms with E-state index in [2.05, 4.69) is 15.5 Å². The number of rotatable bonds is 6. The number of ketones is 1. The summed E-state index contributed by atoms with van der Waals surface area (Å²) in [6, 6.07) is 1.79. The zero-order chi connectivity index (χ0) is 13.8. The third kappa shape index (κ3) is 3.31. The molecule has 0 unspecified atom stereocenters. The number of thiophene rings is 1. The fourth-order valence-corrected chi connectivity index (χ4v) is 2.63. The Labute approximate surface area is 115 Å². The number of carbonyl (C=O) groups is 1. The molecule has 0 aliphatic carbocycles. The van der Waals surface area contributed by atoms with Crippen LogP contribution in [0.3, 0.4) is 0 Å². The van der Waals surface area contributed by atoms with Crippen molar-refractivity contribution in [3.05, 3.63) is 22.7 Å². The van der Waals surface area contributed by atoms with Gasteiger partial charge in [0.25, 0.3) is 0 Å². The minimum absolute atomic E-state index is 0.0735. The number of aromatic nitrogens is 2. The van der Waals surface area contributed by atoms with E-state index in [1.54, 1.807) is 13.0 Å². The van der Waals surface area contributed by atoms with E-state index in [4.69, 9.17) is 10.3 Å². The summed E-state index contributed by atoms with van der Waals surface area (Å²) >= 11 is 1.38. The van der Waals surface area contributed by atoms with Crippen LogP contribution in [0.25, 0.3) is 0 Å². The fraction of sp³-hybridized carbons (Fsp3) is 0.417. The molecule has 19 heavy (non-hydrogen) atoms. The SMILES string of the molecule is CCC(=O)c1sc(NCCc2noc(C)n2)cc1N. The summed E-state index contributed by atoms with van der Waals surface area (Å²) in [7, 11) is 0. The molecule has 0 aliphatic heterocycles. The van der Waals surface area contributed by atoms with Gasteiger partial charge in [-0.2, -0.15) is 4.98 Å². The highest BCUT2D eigenvalue weighted by atomic mass is 32.1. The Morgan fingerprint density at radius 1 is 1.58 bits per heavy atom. The monoisotopic (exact) mass is 280 g/mol. The third-order valence-corrected chi connectivity index (χ3v) is 3.70. The predicted molar refractivity (Wildman–Crippen MR) is 74.6 cm³/mol. The molecule has 2 rings (SSSR count). The second-order valence-electron chi connectivity index (χ2n) is 4.08. The Hall–Kier alpha value is -1.89. The van der Waals surface area contributed by atoms with Crippen molar-refractivity contribution in [3.63, 3.8) is 0 Å². The maximum absolute atomic E-state index is 11.6. The number of Topliss-reactive ketones (excluding diaryl/α,β-unsaturated/α-hetero) is 1. The number of carbonyl (C=O) groups excluding carboxylic acids is 1. The molecule has 2 aromatic rings. The van der Waals surface area contributed by atoms with Gasteiger partial charge in [0.15, 0.2) is 11.6 Å². The Balaban J connectivity index is 1.91. The lowest BCUT2D eigenvalue weighted by Gasteiger charge is -1.99. The molecular weight excluding hydrogens is 264 g/mol. The molecule has 0 saturated heterocycles. The molecular formula is C12H16N4O2S. The highest BCUT2D eigenvalue weighted by Gasteiger charge is 2.12. The average molecular weight is 280 g/mol. The van der Waals surface area contributed by atoms with Gasteiger partial charge in [0, 0.05) is 26.3 Å². The highest BCUT2D eigenvalue weighted by Crippen LogP contribution is 2.30. The Morgan fingerprint density at radius 3 is 3.00 bits per heavy atom. The summed E-state index contributed by atoms with van der Waals surface area (Å²) in [6.07, 6.45) is 1.12. The van der Waals surface area contributed by atoms with Crippen molar-refractivity contribution in [3.8, 4) is 0 Å². The molecule has 0 bridgehead atoms. The predicted octanol–water partition coefficient (Wildman–Crippen LogP) is 2.27. The third-order valence-electron chi connectivity index (χ3n) is 2.55. The Bertz CT molecular complexity index is 576. The van der Waals surface area contributed by atoms with Crippen LogP contribution in [-0.4, -0.2) is 22.5 Å². The second-order valence-corrected chi connectivity index (χ2v) is 5.13. The minimum atomic E-state index is 0.0735. The highest BCUT2D eigenvalue weighted by molar-refractivity contribution is 7.18. The average Bonchev–Trinajstić information content (AvgIpc) is 2.95. The van der Waals surface area contributed by atoms with Crippen LogP contribution in [0.1, 0.15) is 34.7 Å². The lowest BCUT2D eigenvalue weighted by Crippen LogP contribution is -2.04. The van der Waals surface area contributed by atoms with Gasteiger partial charge < -0.3 is 15.6 Å². The topological polar surface area (TPSA) is 94.0 Å². The molecule has 0 atom stereocenters. The van der Waals surface area contributed by atoms with E-state index in [1.807, 2.05) is 6.92 Å². The number of nitrogens with zero attached hydrogens (tertiary/aromatic N) is 2. The summed E-state index contributed by atoms with van der Waals surface area (Å²) in [5.41, 5.74) is 6.35. The van der Waals surface area contributed by atoms with Crippen LogP contribution in [0.4, 0.5) is 10.7 Å². The van der Waals surface area contributed by atoms with Crippen molar-refractivity contribution >= 4 is 27.8 Å². The van der Waals surface area contributed by atoms with Crippen LogP contribution in [0, 0.1) is 6.92 Å². The van der Waals surface area contributed by atoms with Gasteiger partial charge in [-0.3, -0.25) is 4.79 Å². The van der Waals surface area contributed by atoms with Crippen LogP contribution in [-0.2, 0) is 6.42 Å². The van der Waals surface area contributed by atoms with Gasteiger partial charge in [0.05, 0.1) is 15.6 Å². The fourth-order valence-electron chi connectivity index (χ4n) is 1.61. The first-order valence-corrected chi connectivity index (χ1v) is 6.87. The lowest BCUT2D eigenvalue weighted by atomic mass is 10.2. The number of nitrogens with one attached hydrogen (secondary N) is 1. The van der Waals surface area contributed by atoms with E-state index in [1.165, 1.54) is 11.3 Å². The maximum Gasteiger partial charge on any atom is 0.223 e. The first-order valence-electron chi connectivity index (χ1n) is 6.05. The molecule has 6 nitrogen and oxygen atoms in total. The number of nitrogen functional groups attached to an aromatic ring is 1. The normalized spacial score (nSPS) is 10.6. The summed E-state index contributed by atoms with van der Waals surface area (Å²) in [4.78, 5) is 16.4. The smallest absolute Gasteiger partial charge is 0.223 e. The minimum Gasteiger partial charge on any atom is -0.397 e. The maximum atomic E-state index is 11.6. The van der Waals surface area contributed by atoms with E-state index in [0.717, 1.165) is 5.00 Å². The number of hydrogen-bond acceptors (Lipinski definition) is 7. The van der Waals surface area contributed by atoms with Crippen molar-refractivity contribution in [2.45, 2.75) is 26.7 Å². The van der Waals surface area contributed by atoms with Crippen molar-refractivity contribution in [2.24, 2.45) is 0 Å². The molecule has 3 N–H and O–H groups in total. The van der Waals surface area contributed by atoms with Gasteiger partial charge in [-0.25, -0.2) is 0 Å². The van der Waals surface area contributed by atoms with Gasteiger partial charge in [-0.05, 0) is 6.07 Å². The molecule has 0 aliphatic rings. The van der Waals surface area contributed by atoms with Crippen molar-refractivity contribution < 1.29 is 9.32 Å². The van der Waals surface area contributed by atoms with Crippen LogP contribution < -0.4 is 11.1 Å². The summed E-state index contributed by atoms with van der Waals surface area (Å²) in [5, 5.41) is 7.90. The molecule has 0 fully saturated rings. The standard InChI is InChI=1S/C12H16N4O2S/c1-3-9(17)12-8(13)6-11(19-12)14-5-4-10-15-7(2)18-16-10/h6,14H,3-5,13H2,1-2H3. The molecule has 102 valence electrons. The molecule has 7 heteroatoms. The molecule has 2 aromatic heterocycles. The molecule has 0 amide bonds. The van der Waals surface area contributed by atoms with Crippen LogP contribution in [0.5, 0.6) is 0 Å². The van der Waals surface area contributed by atoms with E-state index in [-0.39, 0.29) is 5.78 Å². The lowest BCUT2D eigenvalue weighted by molar-refractivity contribution is 0.0993. The summed E-state index contributed by atoms with van der Waals surface area (Å²) in [5.74, 6) is 1.30. The quantitative estimate of drug-likeness (QED) is 0.788. The number of anilines is 2. The molecule has 0 saturated carbocycles. The largest absolute Gasteiger partial charge is 0.397 e. The molecule has 2 heterocycles. The summed E-state index contributed by atoms with van der Waals surface area (Å²) in [6.45, 7) is 4.25. The zero-order valence-electron chi connectivity index (χ0n) is 10.9. The van der Waals surface area contributed by atoms with Gasteiger partial charge in [0.2, 0.25) is 5.89 Å². The van der Waals surface area contributed by atoms with Crippen LogP contribution >= 0.6 is 11.3 Å². The van der Waals surface area contributed by atoms with E-state index < -0.39 is 0 Å². The van der Waals surface area contributed by atoms with Gasteiger partial charge in [-0.1, -0.05) is 12.1 Å². The van der Waals surface area contributed by atoms with E-state index in [0.29, 0.717) is 41.7 Å². The van der Waals surface area contributed by atoms with Gasteiger partial charge in [-0.15, -0.1) is 11.3 Å². The molecule has 0 spiro atoms. The van der Waals surface area contributed by atoms with E-state index >= 15 is 0 Å². The number of nitrogens with two attached hydrogens (primary N) is 1. The van der Waals surface area contributed by atoms with Crippen LogP contribution in [0.2, 0.25) is 0 Å². The van der Waals surface area contributed by atoms with Crippen LogP contribution in [0.15, 0.2) is 10.6 Å². The van der Waals surface area contributed by atoms with Crippen molar-refractivity contribution in [1.29, 1.82) is 0 Å². The Morgan fingerprint density at radius 2 is 2.37 bits per heavy atom. The molecule has 0 aromatic carbocycles. The van der Waals surface area contributed by atoms with E-state index in [9.17, 15) is 4.79 Å². The number of hydrogen-bond donors (Lipinski definition) is 2. The Kier molecular flexibility index (Phi) is 4.16. The molecule has 0 radical (unpaired) electrons. The number of aryl methyl sites for hydroxylation is 1. The van der Waals surface area contributed by atoms with Crippen molar-refractivity contribution in [2.75, 3.05) is 17.6 Å². The first kappa shape index (κ1) is 13.5. The van der Waals surface area contributed by atoms with Gasteiger partial charge >= 0.3 is 0 Å². The van der Waals surface area contributed by atoms with Gasteiger partial charge in [0.1, 0.15) is 0 Å². The first-order chi connectivity index (χ1) is 9.10. The summed E-state index contributed by atoms with van der Waals surface area (Å²) < 4.78 is 4.89. The zero-order valence-corrected chi connectivity index (χ0v) is 11.7.